The summed E-state index contributed by atoms with van der Waals surface area (Å²) in [6, 6.07) is 3.40. The monoisotopic (exact) mass is 340 g/mol. The molecule has 7 nitrogen and oxygen atoms in total. The molecule has 0 bridgehead atoms. The molecule has 0 spiro atoms. The third kappa shape index (κ3) is 4.53. The van der Waals surface area contributed by atoms with E-state index in [2.05, 4.69) is 0 Å². The largest absolute Gasteiger partial charge is 0.493 e. The van der Waals surface area contributed by atoms with Gasteiger partial charge >= 0.3 is 11.9 Å². The van der Waals surface area contributed by atoms with Crippen molar-refractivity contribution in [3.8, 4) is 17.2 Å². The number of carbonyl (C=O) groups excluding carboxylic acids is 2. The van der Waals surface area contributed by atoms with Crippen molar-refractivity contribution in [2.45, 2.75) is 20.3 Å². The van der Waals surface area contributed by atoms with Gasteiger partial charge in [0, 0.05) is 6.42 Å². The van der Waals surface area contributed by atoms with E-state index in [1.165, 1.54) is 21.3 Å². The summed E-state index contributed by atoms with van der Waals surface area (Å²) in [7, 11) is 4.47. The van der Waals surface area contributed by atoms with E-state index in [0.717, 1.165) is 0 Å². The molecule has 0 atom stereocenters. The summed E-state index contributed by atoms with van der Waals surface area (Å²) in [4.78, 5) is 24.2. The minimum Gasteiger partial charge on any atom is -0.493 e. The van der Waals surface area contributed by atoms with Gasteiger partial charge in [-0.05, 0) is 25.5 Å². The third-order valence-corrected chi connectivity index (χ3v) is 3.35. The summed E-state index contributed by atoms with van der Waals surface area (Å²) in [5.74, 6) is -1.06. The van der Waals surface area contributed by atoms with E-state index in [-0.39, 0.29) is 19.6 Å². The van der Waals surface area contributed by atoms with Crippen LogP contribution in [0.3, 0.4) is 0 Å². The molecule has 1 aromatic rings. The number of hydrogen-bond donors (Lipinski definition) is 0. The average molecular weight is 340 g/mol. The van der Waals surface area contributed by atoms with Gasteiger partial charge in [0.15, 0.2) is 17.4 Å². The Bertz CT molecular complexity index is 550. The van der Waals surface area contributed by atoms with Crippen molar-refractivity contribution >= 4 is 11.9 Å². The summed E-state index contributed by atoms with van der Waals surface area (Å²) in [5, 5.41) is 0. The van der Waals surface area contributed by atoms with Gasteiger partial charge in [0.25, 0.3) is 0 Å². The normalized spacial score (nSPS) is 10.2. The Labute approximate surface area is 141 Å². The Hall–Kier alpha value is -2.44. The Morgan fingerprint density at radius 3 is 1.83 bits per heavy atom. The molecule has 0 saturated heterocycles. The summed E-state index contributed by atoms with van der Waals surface area (Å²) in [6.45, 7) is 3.71. The van der Waals surface area contributed by atoms with Crippen LogP contribution in [-0.2, 0) is 25.5 Å². The number of rotatable bonds is 9. The van der Waals surface area contributed by atoms with Crippen LogP contribution < -0.4 is 14.2 Å². The van der Waals surface area contributed by atoms with Gasteiger partial charge in [-0.3, -0.25) is 9.59 Å². The zero-order valence-corrected chi connectivity index (χ0v) is 14.7. The van der Waals surface area contributed by atoms with E-state index < -0.39 is 17.9 Å². The van der Waals surface area contributed by atoms with Crippen molar-refractivity contribution in [1.82, 2.24) is 0 Å². The number of methoxy groups -OCH3 is 3. The van der Waals surface area contributed by atoms with Crippen molar-refractivity contribution in [2.75, 3.05) is 34.5 Å². The highest BCUT2D eigenvalue weighted by Gasteiger charge is 2.31. The van der Waals surface area contributed by atoms with Gasteiger partial charge in [-0.1, -0.05) is 6.07 Å². The number of ether oxygens (including phenoxy) is 5. The van der Waals surface area contributed by atoms with Gasteiger partial charge in [0.1, 0.15) is 0 Å². The van der Waals surface area contributed by atoms with Crippen LogP contribution in [0.25, 0.3) is 0 Å². The first-order valence-corrected chi connectivity index (χ1v) is 7.65. The first-order valence-electron chi connectivity index (χ1n) is 7.65. The van der Waals surface area contributed by atoms with E-state index >= 15 is 0 Å². The smallest absolute Gasteiger partial charge is 0.320 e. The van der Waals surface area contributed by atoms with Crippen LogP contribution in [0.15, 0.2) is 12.1 Å². The lowest BCUT2D eigenvalue weighted by atomic mass is 9.98. The van der Waals surface area contributed by atoms with Crippen LogP contribution in [0.4, 0.5) is 0 Å². The van der Waals surface area contributed by atoms with Crippen LogP contribution in [0.1, 0.15) is 19.4 Å². The SMILES string of the molecule is CCOC(=O)C(Cc1ccc(OC)c(OC)c1OC)C(=O)OCC. The number of hydrogen-bond acceptors (Lipinski definition) is 7. The summed E-state index contributed by atoms with van der Waals surface area (Å²) in [6.07, 6.45) is 0.0706. The fraction of sp³-hybridized carbons (Fsp3) is 0.529. The van der Waals surface area contributed by atoms with Crippen LogP contribution in [0.5, 0.6) is 17.2 Å². The number of benzene rings is 1. The molecule has 24 heavy (non-hydrogen) atoms. The van der Waals surface area contributed by atoms with E-state index in [1.807, 2.05) is 0 Å². The quantitative estimate of drug-likeness (QED) is 0.502. The number of esters is 2. The zero-order chi connectivity index (χ0) is 18.1. The van der Waals surface area contributed by atoms with Crippen molar-refractivity contribution in [3.05, 3.63) is 17.7 Å². The molecule has 0 aromatic heterocycles. The topological polar surface area (TPSA) is 80.3 Å². The molecule has 0 unspecified atom stereocenters. The fourth-order valence-electron chi connectivity index (χ4n) is 2.29. The molecule has 0 saturated carbocycles. The minimum atomic E-state index is -1.07. The average Bonchev–Trinajstić information content (AvgIpc) is 2.58. The van der Waals surface area contributed by atoms with E-state index in [1.54, 1.807) is 26.0 Å². The molecule has 0 amide bonds. The maximum absolute atomic E-state index is 12.1. The Balaban J connectivity index is 3.21. The highest BCUT2D eigenvalue weighted by Crippen LogP contribution is 2.40. The Kier molecular flexibility index (Phi) is 7.88. The zero-order valence-electron chi connectivity index (χ0n) is 14.7. The lowest BCUT2D eigenvalue weighted by Gasteiger charge is -2.18. The lowest BCUT2D eigenvalue weighted by Crippen LogP contribution is -2.30. The van der Waals surface area contributed by atoms with E-state index in [0.29, 0.717) is 22.8 Å². The maximum Gasteiger partial charge on any atom is 0.320 e. The molecule has 134 valence electrons. The molecule has 0 heterocycles. The molecule has 0 aliphatic carbocycles. The summed E-state index contributed by atoms with van der Waals surface area (Å²) >= 11 is 0. The second-order valence-corrected chi connectivity index (χ2v) is 4.75. The Morgan fingerprint density at radius 2 is 1.42 bits per heavy atom. The Morgan fingerprint density at radius 1 is 0.875 bits per heavy atom. The van der Waals surface area contributed by atoms with Crippen molar-refractivity contribution in [1.29, 1.82) is 0 Å². The molecule has 0 fully saturated rings. The van der Waals surface area contributed by atoms with Crippen LogP contribution in [-0.4, -0.2) is 46.5 Å². The van der Waals surface area contributed by atoms with Crippen LogP contribution in [0.2, 0.25) is 0 Å². The number of carbonyl (C=O) groups is 2. The summed E-state index contributed by atoms with van der Waals surface area (Å²) in [5.41, 5.74) is 0.612. The molecule has 7 heteroatoms. The van der Waals surface area contributed by atoms with Crippen molar-refractivity contribution < 1.29 is 33.3 Å². The predicted molar refractivity (Wildman–Crippen MR) is 86.6 cm³/mol. The maximum atomic E-state index is 12.1. The highest BCUT2D eigenvalue weighted by molar-refractivity contribution is 5.95. The standard InChI is InChI=1S/C17H24O7/c1-6-23-16(18)12(17(19)24-7-2)10-11-8-9-13(20-3)15(22-5)14(11)21-4/h8-9,12H,6-7,10H2,1-5H3. The second kappa shape index (κ2) is 9.64. The van der Waals surface area contributed by atoms with E-state index in [4.69, 9.17) is 23.7 Å². The molecule has 0 radical (unpaired) electrons. The molecule has 0 N–H and O–H groups in total. The van der Waals surface area contributed by atoms with Crippen LogP contribution in [0, 0.1) is 5.92 Å². The molecule has 1 aromatic carbocycles. The van der Waals surface area contributed by atoms with Gasteiger partial charge in [0.2, 0.25) is 5.75 Å². The molecular weight excluding hydrogens is 316 g/mol. The highest BCUT2D eigenvalue weighted by atomic mass is 16.6. The van der Waals surface area contributed by atoms with Crippen LogP contribution >= 0.6 is 0 Å². The molecular formula is C17H24O7. The molecule has 0 aliphatic rings. The first kappa shape index (κ1) is 19.6. The van der Waals surface area contributed by atoms with Gasteiger partial charge in [-0.25, -0.2) is 0 Å². The second-order valence-electron chi connectivity index (χ2n) is 4.75. The van der Waals surface area contributed by atoms with E-state index in [9.17, 15) is 9.59 Å². The van der Waals surface area contributed by atoms with Crippen molar-refractivity contribution in [3.63, 3.8) is 0 Å². The molecule has 0 aliphatic heterocycles. The minimum absolute atomic E-state index is 0.0706. The predicted octanol–water partition coefficient (Wildman–Crippen LogP) is 2.00. The third-order valence-electron chi connectivity index (χ3n) is 3.35. The lowest BCUT2D eigenvalue weighted by molar-refractivity contribution is -0.161. The van der Waals surface area contributed by atoms with Gasteiger partial charge < -0.3 is 23.7 Å². The van der Waals surface area contributed by atoms with Gasteiger partial charge in [-0.2, -0.15) is 0 Å². The summed E-state index contributed by atoms with van der Waals surface area (Å²) < 4.78 is 25.9. The first-order chi connectivity index (χ1) is 11.5. The van der Waals surface area contributed by atoms with Gasteiger partial charge in [0.05, 0.1) is 34.5 Å². The molecule has 1 rings (SSSR count). The van der Waals surface area contributed by atoms with Gasteiger partial charge in [-0.15, -0.1) is 0 Å². The fourth-order valence-corrected chi connectivity index (χ4v) is 2.29. The van der Waals surface area contributed by atoms with Crippen molar-refractivity contribution in [2.24, 2.45) is 5.92 Å².